The van der Waals surface area contributed by atoms with Crippen LogP contribution in [0.5, 0.6) is 0 Å². The Morgan fingerprint density at radius 1 is 1.21 bits per heavy atom. The van der Waals surface area contributed by atoms with Gasteiger partial charge in [-0.1, -0.05) is 54.8 Å². The van der Waals surface area contributed by atoms with Crippen LogP contribution in [-0.4, -0.2) is 11.5 Å². The van der Waals surface area contributed by atoms with Crippen LogP contribution in [0.1, 0.15) is 32.3 Å². The van der Waals surface area contributed by atoms with Gasteiger partial charge in [0.15, 0.2) is 0 Å². The summed E-state index contributed by atoms with van der Waals surface area (Å²) in [5.41, 5.74) is 2.36. The van der Waals surface area contributed by atoms with E-state index in [-0.39, 0.29) is 0 Å². The largest absolute Gasteiger partial charge is 0.312 e. The zero-order valence-electron chi connectivity index (χ0n) is 11.6. The molecule has 0 radical (unpaired) electrons. The Labute approximate surface area is 123 Å². The van der Waals surface area contributed by atoms with E-state index >= 15 is 0 Å². The van der Waals surface area contributed by atoms with E-state index in [2.05, 4.69) is 58.3 Å². The second kappa shape index (κ2) is 7.01. The van der Waals surface area contributed by atoms with E-state index in [9.17, 15) is 0 Å². The first-order chi connectivity index (χ1) is 9.26. The number of benzene rings is 1. The van der Waals surface area contributed by atoms with Crippen LogP contribution in [-0.2, 0) is 6.54 Å². The van der Waals surface area contributed by atoms with Crippen molar-refractivity contribution in [3.05, 3.63) is 40.5 Å². The molecule has 0 saturated carbocycles. The average molecular weight is 321 g/mol. The maximum absolute atomic E-state index is 4.51. The first kappa shape index (κ1) is 14.5. The number of nitrogens with one attached hydrogen (secondary N) is 1. The molecule has 2 rings (SSSR count). The summed E-state index contributed by atoms with van der Waals surface area (Å²) in [6.07, 6.45) is 4.34. The highest BCUT2D eigenvalue weighted by atomic mass is 79.9. The Bertz CT molecular complexity index is 535. The van der Waals surface area contributed by atoms with Crippen LogP contribution >= 0.6 is 15.9 Å². The van der Waals surface area contributed by atoms with Crippen molar-refractivity contribution in [2.45, 2.75) is 33.2 Å². The minimum atomic E-state index is 0.773. The molecule has 102 valence electrons. The predicted molar refractivity (Wildman–Crippen MR) is 85.2 cm³/mol. The van der Waals surface area contributed by atoms with Gasteiger partial charge in [-0.05, 0) is 30.2 Å². The smallest absolute Gasteiger partial charge is 0.0758 e. The highest BCUT2D eigenvalue weighted by Gasteiger charge is 2.06. The van der Waals surface area contributed by atoms with Gasteiger partial charge in [0.2, 0.25) is 0 Å². The highest BCUT2D eigenvalue weighted by Crippen LogP contribution is 2.25. The van der Waals surface area contributed by atoms with E-state index in [0.29, 0.717) is 0 Å². The van der Waals surface area contributed by atoms with Crippen molar-refractivity contribution in [2.24, 2.45) is 5.92 Å². The van der Waals surface area contributed by atoms with Crippen molar-refractivity contribution < 1.29 is 0 Å². The average Bonchev–Trinajstić information content (AvgIpc) is 2.46. The molecule has 0 aliphatic heterocycles. The zero-order chi connectivity index (χ0) is 13.7. The number of aromatic nitrogens is 1. The summed E-state index contributed by atoms with van der Waals surface area (Å²) in [6.45, 7) is 6.48. The Balaban J connectivity index is 2.11. The monoisotopic (exact) mass is 320 g/mol. The Morgan fingerprint density at radius 2 is 2.00 bits per heavy atom. The van der Waals surface area contributed by atoms with Gasteiger partial charge in [0.05, 0.1) is 5.52 Å². The molecule has 3 heteroatoms. The quantitative estimate of drug-likeness (QED) is 0.846. The summed E-state index contributed by atoms with van der Waals surface area (Å²) in [5, 5.41) is 4.74. The first-order valence-electron chi connectivity index (χ1n) is 6.99. The van der Waals surface area contributed by atoms with Gasteiger partial charge in [0.25, 0.3) is 0 Å². The number of nitrogens with zero attached hydrogens (tertiary/aromatic N) is 1. The number of hydrogen-bond donors (Lipinski definition) is 1. The lowest BCUT2D eigenvalue weighted by Crippen LogP contribution is -2.21. The fraction of sp³-hybridized carbons (Fsp3) is 0.438. The maximum Gasteiger partial charge on any atom is 0.0758 e. The summed E-state index contributed by atoms with van der Waals surface area (Å²) in [5.74, 6) is 0.773. The highest BCUT2D eigenvalue weighted by molar-refractivity contribution is 9.10. The normalized spacial score (nSPS) is 11.4. The van der Waals surface area contributed by atoms with E-state index in [0.717, 1.165) is 29.0 Å². The van der Waals surface area contributed by atoms with Crippen LogP contribution < -0.4 is 5.32 Å². The molecule has 0 atom stereocenters. The molecule has 0 bridgehead atoms. The fourth-order valence-electron chi connectivity index (χ4n) is 2.33. The standard InChI is InChI=1S/C16H21BrN2/c1-3-12(4-2)10-18-11-13-7-8-15(17)14-6-5-9-19-16(13)14/h5-9,12,18H,3-4,10-11H2,1-2H3. The van der Waals surface area contributed by atoms with Gasteiger partial charge >= 0.3 is 0 Å². The third-order valence-electron chi connectivity index (χ3n) is 3.70. The molecular weight excluding hydrogens is 300 g/mol. The fourth-order valence-corrected chi connectivity index (χ4v) is 2.78. The Kier molecular flexibility index (Phi) is 5.34. The first-order valence-corrected chi connectivity index (χ1v) is 7.78. The Hall–Kier alpha value is -0.930. The van der Waals surface area contributed by atoms with Crippen LogP contribution in [0.15, 0.2) is 34.9 Å². The SMILES string of the molecule is CCC(CC)CNCc1ccc(Br)c2cccnc12. The number of hydrogen-bond acceptors (Lipinski definition) is 2. The van der Waals surface area contributed by atoms with Crippen LogP contribution in [0.2, 0.25) is 0 Å². The molecule has 0 unspecified atom stereocenters. The summed E-state index contributed by atoms with van der Waals surface area (Å²) in [7, 11) is 0. The van der Waals surface area contributed by atoms with E-state index in [4.69, 9.17) is 0 Å². The molecule has 0 spiro atoms. The van der Waals surface area contributed by atoms with Crippen molar-refractivity contribution >= 4 is 26.8 Å². The van der Waals surface area contributed by atoms with Crippen molar-refractivity contribution in [1.82, 2.24) is 10.3 Å². The molecule has 0 aliphatic rings. The van der Waals surface area contributed by atoms with E-state index in [1.807, 2.05) is 12.3 Å². The molecule has 0 saturated heterocycles. The summed E-state index contributed by atoms with van der Waals surface area (Å²) < 4.78 is 1.11. The van der Waals surface area contributed by atoms with Crippen LogP contribution in [0.25, 0.3) is 10.9 Å². The van der Waals surface area contributed by atoms with Gasteiger partial charge in [0, 0.05) is 22.6 Å². The maximum atomic E-state index is 4.51. The topological polar surface area (TPSA) is 24.9 Å². The second-order valence-electron chi connectivity index (χ2n) is 4.92. The van der Waals surface area contributed by atoms with Crippen LogP contribution in [0, 0.1) is 5.92 Å². The molecule has 2 aromatic rings. The van der Waals surface area contributed by atoms with Gasteiger partial charge in [0.1, 0.15) is 0 Å². The number of halogens is 1. The van der Waals surface area contributed by atoms with Crippen molar-refractivity contribution in [3.63, 3.8) is 0 Å². The van der Waals surface area contributed by atoms with Crippen molar-refractivity contribution in [1.29, 1.82) is 0 Å². The molecule has 19 heavy (non-hydrogen) atoms. The third-order valence-corrected chi connectivity index (χ3v) is 4.39. The van der Waals surface area contributed by atoms with Crippen LogP contribution in [0.3, 0.4) is 0 Å². The van der Waals surface area contributed by atoms with Crippen molar-refractivity contribution in [3.8, 4) is 0 Å². The van der Waals surface area contributed by atoms with Gasteiger partial charge in [-0.3, -0.25) is 4.98 Å². The number of rotatable bonds is 6. The Morgan fingerprint density at radius 3 is 2.74 bits per heavy atom. The minimum absolute atomic E-state index is 0.773. The molecule has 1 aromatic carbocycles. The molecule has 1 N–H and O–H groups in total. The number of fused-ring (bicyclic) bond motifs is 1. The van der Waals surface area contributed by atoms with Gasteiger partial charge in [-0.15, -0.1) is 0 Å². The lowest BCUT2D eigenvalue weighted by molar-refractivity contribution is 0.450. The molecule has 1 heterocycles. The lowest BCUT2D eigenvalue weighted by atomic mass is 10.0. The molecule has 0 amide bonds. The third kappa shape index (κ3) is 3.54. The van der Waals surface area contributed by atoms with Gasteiger partial charge in [-0.25, -0.2) is 0 Å². The van der Waals surface area contributed by atoms with E-state index in [1.54, 1.807) is 0 Å². The van der Waals surface area contributed by atoms with Crippen molar-refractivity contribution in [2.75, 3.05) is 6.54 Å². The zero-order valence-corrected chi connectivity index (χ0v) is 13.2. The molecule has 0 fully saturated rings. The lowest BCUT2D eigenvalue weighted by Gasteiger charge is -2.14. The molecular formula is C16H21BrN2. The molecule has 2 nitrogen and oxygen atoms in total. The van der Waals surface area contributed by atoms with Crippen LogP contribution in [0.4, 0.5) is 0 Å². The van der Waals surface area contributed by atoms with Gasteiger partial charge < -0.3 is 5.32 Å². The summed E-state index contributed by atoms with van der Waals surface area (Å²) in [4.78, 5) is 4.51. The summed E-state index contributed by atoms with van der Waals surface area (Å²) >= 11 is 3.58. The van der Waals surface area contributed by atoms with E-state index < -0.39 is 0 Å². The second-order valence-corrected chi connectivity index (χ2v) is 5.77. The van der Waals surface area contributed by atoms with Gasteiger partial charge in [-0.2, -0.15) is 0 Å². The molecule has 1 aromatic heterocycles. The predicted octanol–water partition coefficient (Wildman–Crippen LogP) is 4.52. The summed E-state index contributed by atoms with van der Waals surface area (Å²) in [6, 6.07) is 8.35. The number of pyridine rings is 1. The molecule has 0 aliphatic carbocycles. The van der Waals surface area contributed by atoms with E-state index in [1.165, 1.54) is 23.8 Å². The minimum Gasteiger partial charge on any atom is -0.312 e.